The fourth-order valence-electron chi connectivity index (χ4n) is 1.76. The molecule has 18 heavy (non-hydrogen) atoms. The number of esters is 1. The Kier molecular flexibility index (Phi) is 3.11. The Bertz CT molecular complexity index is 579. The van der Waals surface area contributed by atoms with Crippen molar-refractivity contribution in [2.45, 2.75) is 33.1 Å². The van der Waals surface area contributed by atoms with Crippen molar-refractivity contribution < 1.29 is 9.53 Å². The monoisotopic (exact) mass is 246 g/mol. The van der Waals surface area contributed by atoms with Crippen LogP contribution in [0.5, 0.6) is 0 Å². The molecule has 1 heterocycles. The quantitative estimate of drug-likeness (QED) is 0.829. The van der Waals surface area contributed by atoms with E-state index in [1.165, 1.54) is 0 Å². The molecule has 0 saturated heterocycles. The third-order valence-corrected chi connectivity index (χ3v) is 2.72. The van der Waals surface area contributed by atoms with Gasteiger partial charge in [-0.05, 0) is 19.1 Å². The predicted molar refractivity (Wildman–Crippen MR) is 70.8 cm³/mol. The van der Waals surface area contributed by atoms with Crippen molar-refractivity contribution in [2.24, 2.45) is 0 Å². The molecule has 0 aliphatic heterocycles. The Hall–Kier alpha value is -1.84. The number of fused-ring (bicyclic) bond motifs is 1. The van der Waals surface area contributed by atoms with E-state index in [-0.39, 0.29) is 11.4 Å². The number of H-pyrrole nitrogens is 1. The van der Waals surface area contributed by atoms with Gasteiger partial charge >= 0.3 is 5.97 Å². The number of nitrogens with zero attached hydrogens (tertiary/aromatic N) is 1. The minimum Gasteiger partial charge on any atom is -0.462 e. The SMILES string of the molecule is CCOC(=O)c1cccc2[nH]c(C(C)(C)C)nc12. The Morgan fingerprint density at radius 2 is 2.11 bits per heavy atom. The molecule has 1 aromatic carbocycles. The first-order valence-electron chi connectivity index (χ1n) is 6.10. The van der Waals surface area contributed by atoms with Gasteiger partial charge in [-0.15, -0.1) is 0 Å². The summed E-state index contributed by atoms with van der Waals surface area (Å²) in [6, 6.07) is 5.49. The third kappa shape index (κ3) is 2.23. The van der Waals surface area contributed by atoms with Gasteiger partial charge in [0.2, 0.25) is 0 Å². The maximum atomic E-state index is 11.8. The molecule has 0 bridgehead atoms. The van der Waals surface area contributed by atoms with Gasteiger partial charge in [0.05, 0.1) is 17.7 Å². The molecule has 0 fully saturated rings. The predicted octanol–water partition coefficient (Wildman–Crippen LogP) is 3.04. The molecule has 1 N–H and O–H groups in total. The summed E-state index contributed by atoms with van der Waals surface area (Å²) < 4.78 is 5.04. The van der Waals surface area contributed by atoms with Crippen molar-refractivity contribution in [3.05, 3.63) is 29.6 Å². The normalized spacial score (nSPS) is 11.8. The number of rotatable bonds is 2. The van der Waals surface area contributed by atoms with E-state index < -0.39 is 0 Å². The highest BCUT2D eigenvalue weighted by atomic mass is 16.5. The molecular weight excluding hydrogens is 228 g/mol. The van der Waals surface area contributed by atoms with Crippen LogP contribution in [0, 0.1) is 0 Å². The first-order valence-corrected chi connectivity index (χ1v) is 6.10. The maximum absolute atomic E-state index is 11.8. The summed E-state index contributed by atoms with van der Waals surface area (Å²) in [4.78, 5) is 19.6. The van der Waals surface area contributed by atoms with Crippen molar-refractivity contribution >= 4 is 17.0 Å². The lowest BCUT2D eigenvalue weighted by Gasteiger charge is -2.13. The Balaban J connectivity index is 2.56. The molecule has 0 amide bonds. The molecule has 0 saturated carbocycles. The zero-order chi connectivity index (χ0) is 13.3. The molecule has 2 rings (SSSR count). The summed E-state index contributed by atoms with van der Waals surface area (Å²) in [5.41, 5.74) is 1.98. The van der Waals surface area contributed by atoms with Gasteiger partial charge in [0, 0.05) is 5.41 Å². The Morgan fingerprint density at radius 3 is 2.72 bits per heavy atom. The van der Waals surface area contributed by atoms with Gasteiger partial charge in [0.25, 0.3) is 0 Å². The van der Waals surface area contributed by atoms with Crippen LogP contribution in [0.3, 0.4) is 0 Å². The summed E-state index contributed by atoms with van der Waals surface area (Å²) in [5, 5.41) is 0. The summed E-state index contributed by atoms with van der Waals surface area (Å²) in [5.74, 6) is 0.546. The highest BCUT2D eigenvalue weighted by Gasteiger charge is 2.21. The molecule has 96 valence electrons. The number of carbonyl (C=O) groups is 1. The second kappa shape index (κ2) is 4.44. The number of carbonyl (C=O) groups excluding carboxylic acids is 1. The lowest BCUT2D eigenvalue weighted by molar-refractivity contribution is 0.0528. The highest BCUT2D eigenvalue weighted by molar-refractivity contribution is 6.01. The zero-order valence-corrected chi connectivity index (χ0v) is 11.2. The number of aromatic nitrogens is 2. The van der Waals surface area contributed by atoms with Crippen molar-refractivity contribution in [3.8, 4) is 0 Å². The van der Waals surface area contributed by atoms with Crippen molar-refractivity contribution in [1.29, 1.82) is 0 Å². The highest BCUT2D eigenvalue weighted by Crippen LogP contribution is 2.24. The second-order valence-corrected chi connectivity index (χ2v) is 5.26. The average Bonchev–Trinajstić information content (AvgIpc) is 2.72. The van der Waals surface area contributed by atoms with Crippen LogP contribution in [0.2, 0.25) is 0 Å². The van der Waals surface area contributed by atoms with Crippen LogP contribution in [-0.2, 0) is 10.2 Å². The van der Waals surface area contributed by atoms with Crippen LogP contribution >= 0.6 is 0 Å². The van der Waals surface area contributed by atoms with Gasteiger partial charge in [0.15, 0.2) is 0 Å². The van der Waals surface area contributed by atoms with Gasteiger partial charge in [-0.25, -0.2) is 9.78 Å². The average molecular weight is 246 g/mol. The van der Waals surface area contributed by atoms with Crippen molar-refractivity contribution in [3.63, 3.8) is 0 Å². The summed E-state index contributed by atoms with van der Waals surface area (Å²) >= 11 is 0. The zero-order valence-electron chi connectivity index (χ0n) is 11.2. The van der Waals surface area contributed by atoms with E-state index in [1.807, 2.05) is 12.1 Å². The number of para-hydroxylation sites is 1. The Morgan fingerprint density at radius 1 is 1.39 bits per heavy atom. The Labute approximate surface area is 106 Å². The van der Waals surface area contributed by atoms with Gasteiger partial charge in [-0.2, -0.15) is 0 Å². The van der Waals surface area contributed by atoms with E-state index in [0.717, 1.165) is 11.3 Å². The van der Waals surface area contributed by atoms with E-state index in [9.17, 15) is 4.79 Å². The van der Waals surface area contributed by atoms with Crippen LogP contribution in [-0.4, -0.2) is 22.5 Å². The van der Waals surface area contributed by atoms with E-state index >= 15 is 0 Å². The van der Waals surface area contributed by atoms with E-state index in [1.54, 1.807) is 13.0 Å². The van der Waals surface area contributed by atoms with E-state index in [4.69, 9.17) is 4.74 Å². The van der Waals surface area contributed by atoms with Crippen LogP contribution < -0.4 is 0 Å². The largest absolute Gasteiger partial charge is 0.462 e. The third-order valence-electron chi connectivity index (χ3n) is 2.72. The van der Waals surface area contributed by atoms with Crippen LogP contribution in [0.15, 0.2) is 18.2 Å². The molecule has 4 heteroatoms. The topological polar surface area (TPSA) is 55.0 Å². The van der Waals surface area contributed by atoms with Gasteiger partial charge in [-0.1, -0.05) is 26.8 Å². The molecule has 0 atom stereocenters. The van der Waals surface area contributed by atoms with Crippen LogP contribution in [0.25, 0.3) is 11.0 Å². The fraction of sp³-hybridized carbons (Fsp3) is 0.429. The lowest BCUT2D eigenvalue weighted by Crippen LogP contribution is -2.13. The summed E-state index contributed by atoms with van der Waals surface area (Å²) in [6.07, 6.45) is 0. The summed E-state index contributed by atoms with van der Waals surface area (Å²) in [6.45, 7) is 8.40. The number of nitrogens with one attached hydrogen (secondary N) is 1. The second-order valence-electron chi connectivity index (χ2n) is 5.26. The molecule has 0 aliphatic carbocycles. The first kappa shape index (κ1) is 12.6. The number of aromatic amines is 1. The number of ether oxygens (including phenoxy) is 1. The molecule has 0 radical (unpaired) electrons. The number of hydrogen-bond donors (Lipinski definition) is 1. The van der Waals surface area contributed by atoms with E-state index in [2.05, 4.69) is 30.7 Å². The lowest BCUT2D eigenvalue weighted by atomic mass is 9.96. The van der Waals surface area contributed by atoms with Crippen LogP contribution in [0.4, 0.5) is 0 Å². The van der Waals surface area contributed by atoms with Gasteiger partial charge in [-0.3, -0.25) is 0 Å². The van der Waals surface area contributed by atoms with Crippen molar-refractivity contribution in [2.75, 3.05) is 6.61 Å². The number of hydrogen-bond acceptors (Lipinski definition) is 3. The first-order chi connectivity index (χ1) is 8.43. The van der Waals surface area contributed by atoms with Crippen LogP contribution in [0.1, 0.15) is 43.9 Å². The number of imidazole rings is 1. The summed E-state index contributed by atoms with van der Waals surface area (Å²) in [7, 11) is 0. The molecule has 0 aliphatic rings. The minimum atomic E-state index is -0.324. The van der Waals surface area contributed by atoms with Crippen molar-refractivity contribution in [1.82, 2.24) is 9.97 Å². The van der Waals surface area contributed by atoms with Gasteiger partial charge < -0.3 is 9.72 Å². The fourth-order valence-corrected chi connectivity index (χ4v) is 1.76. The van der Waals surface area contributed by atoms with Gasteiger partial charge in [0.1, 0.15) is 11.3 Å². The molecule has 4 nitrogen and oxygen atoms in total. The molecular formula is C14H18N2O2. The minimum absolute atomic E-state index is 0.0784. The molecule has 1 aromatic heterocycles. The smallest absolute Gasteiger partial charge is 0.340 e. The van der Waals surface area contributed by atoms with E-state index in [0.29, 0.717) is 17.7 Å². The maximum Gasteiger partial charge on any atom is 0.340 e. The molecule has 0 spiro atoms. The molecule has 2 aromatic rings. The molecule has 0 unspecified atom stereocenters. The standard InChI is InChI=1S/C14H18N2O2/c1-5-18-12(17)9-7-6-8-10-11(9)16-13(15-10)14(2,3)4/h6-8H,5H2,1-4H3,(H,15,16). The number of benzene rings is 1.